The normalized spacial score (nSPS) is 18.8. The lowest BCUT2D eigenvalue weighted by atomic mass is 10.1. The fourth-order valence-corrected chi connectivity index (χ4v) is 2.42. The van der Waals surface area contributed by atoms with E-state index in [0.717, 1.165) is 11.3 Å². The fraction of sp³-hybridized carbons (Fsp3) is 0.429. The Balaban J connectivity index is 2.27. The van der Waals surface area contributed by atoms with Gasteiger partial charge in [0.05, 0.1) is 0 Å². The minimum Gasteiger partial charge on any atom is -0.355 e. The molecule has 102 valence electrons. The topological polar surface area (TPSA) is 75.4 Å². The van der Waals surface area contributed by atoms with Gasteiger partial charge < -0.3 is 16.0 Å². The van der Waals surface area contributed by atoms with Crippen LogP contribution >= 0.6 is 0 Å². The summed E-state index contributed by atoms with van der Waals surface area (Å²) in [5.41, 5.74) is 8.02. The third-order valence-corrected chi connectivity index (χ3v) is 3.52. The first kappa shape index (κ1) is 13.5. The van der Waals surface area contributed by atoms with Crippen molar-refractivity contribution in [3.05, 3.63) is 29.3 Å². The van der Waals surface area contributed by atoms with Crippen LogP contribution in [0.25, 0.3) is 0 Å². The van der Waals surface area contributed by atoms with Gasteiger partial charge in [0.15, 0.2) is 0 Å². The van der Waals surface area contributed by atoms with Crippen molar-refractivity contribution in [2.75, 3.05) is 25.0 Å². The van der Waals surface area contributed by atoms with Crippen molar-refractivity contribution >= 4 is 17.5 Å². The molecule has 1 aromatic rings. The second kappa shape index (κ2) is 5.40. The quantitative estimate of drug-likeness (QED) is 0.839. The molecule has 1 atom stereocenters. The van der Waals surface area contributed by atoms with Gasteiger partial charge in [0.1, 0.15) is 0 Å². The summed E-state index contributed by atoms with van der Waals surface area (Å²) in [6.07, 6.45) is 0.507. The molecule has 1 aliphatic heterocycles. The average Bonchev–Trinajstić information content (AvgIpc) is 2.79. The zero-order valence-corrected chi connectivity index (χ0v) is 11.3. The van der Waals surface area contributed by atoms with Gasteiger partial charge in [-0.05, 0) is 43.1 Å². The molecule has 1 aromatic carbocycles. The van der Waals surface area contributed by atoms with Crippen molar-refractivity contribution in [1.29, 1.82) is 0 Å². The van der Waals surface area contributed by atoms with Crippen LogP contribution in [-0.4, -0.2) is 32.0 Å². The third-order valence-electron chi connectivity index (χ3n) is 3.52. The predicted molar refractivity (Wildman–Crippen MR) is 74.1 cm³/mol. The summed E-state index contributed by atoms with van der Waals surface area (Å²) in [7, 11) is 1.60. The molecule has 3 N–H and O–H groups in total. The molecule has 1 fully saturated rings. The van der Waals surface area contributed by atoms with Gasteiger partial charge in [-0.1, -0.05) is 0 Å². The third kappa shape index (κ3) is 2.61. The second-order valence-electron chi connectivity index (χ2n) is 4.89. The van der Waals surface area contributed by atoms with Gasteiger partial charge in [0.2, 0.25) is 5.91 Å². The second-order valence-corrected chi connectivity index (χ2v) is 4.89. The molecular weight excluding hydrogens is 242 g/mol. The van der Waals surface area contributed by atoms with E-state index in [1.807, 2.05) is 13.0 Å². The van der Waals surface area contributed by atoms with E-state index in [1.54, 1.807) is 24.1 Å². The Labute approximate surface area is 112 Å². The van der Waals surface area contributed by atoms with Gasteiger partial charge in [-0.25, -0.2) is 0 Å². The summed E-state index contributed by atoms with van der Waals surface area (Å²) in [5.74, 6) is 0.207. The molecule has 0 aromatic heterocycles. The molecule has 1 unspecified atom stereocenters. The Kier molecular flexibility index (Phi) is 3.85. The highest BCUT2D eigenvalue weighted by Crippen LogP contribution is 2.28. The van der Waals surface area contributed by atoms with E-state index < -0.39 is 0 Å². The SMILES string of the molecule is CNC(=O)c1ccc(N2CC(CN)CC2=O)c(C)c1. The standard InChI is InChI=1S/C14H19N3O2/c1-9-5-11(14(19)16-2)3-4-12(9)17-8-10(7-15)6-13(17)18/h3-5,10H,6-8,15H2,1-2H3,(H,16,19). The molecule has 1 heterocycles. The van der Waals surface area contributed by atoms with Crippen LogP contribution < -0.4 is 16.0 Å². The molecule has 19 heavy (non-hydrogen) atoms. The number of carbonyl (C=O) groups is 2. The maximum absolute atomic E-state index is 12.0. The van der Waals surface area contributed by atoms with Crippen LogP contribution in [-0.2, 0) is 4.79 Å². The number of hydrogen-bond donors (Lipinski definition) is 2. The number of carbonyl (C=O) groups excluding carboxylic acids is 2. The van der Waals surface area contributed by atoms with Crippen molar-refractivity contribution in [2.45, 2.75) is 13.3 Å². The summed E-state index contributed by atoms with van der Waals surface area (Å²) in [6, 6.07) is 5.37. The fourth-order valence-electron chi connectivity index (χ4n) is 2.42. The Morgan fingerprint density at radius 3 is 2.79 bits per heavy atom. The Hall–Kier alpha value is -1.88. The highest BCUT2D eigenvalue weighted by molar-refractivity contribution is 5.98. The minimum absolute atomic E-state index is 0.103. The van der Waals surface area contributed by atoms with Crippen molar-refractivity contribution in [3.8, 4) is 0 Å². The highest BCUT2D eigenvalue weighted by atomic mass is 16.2. The molecule has 0 aliphatic carbocycles. The van der Waals surface area contributed by atoms with Crippen LogP contribution in [0.2, 0.25) is 0 Å². The van der Waals surface area contributed by atoms with Gasteiger partial charge in [-0.3, -0.25) is 9.59 Å². The van der Waals surface area contributed by atoms with Crippen LogP contribution in [0.4, 0.5) is 5.69 Å². The van der Waals surface area contributed by atoms with E-state index in [2.05, 4.69) is 5.32 Å². The maximum atomic E-state index is 12.0. The number of rotatable bonds is 3. The molecule has 1 aliphatic rings. The molecule has 5 nitrogen and oxygen atoms in total. The van der Waals surface area contributed by atoms with E-state index in [4.69, 9.17) is 5.73 Å². The monoisotopic (exact) mass is 261 g/mol. The van der Waals surface area contributed by atoms with Gasteiger partial charge in [-0.2, -0.15) is 0 Å². The van der Waals surface area contributed by atoms with Crippen LogP contribution in [0, 0.1) is 12.8 Å². The van der Waals surface area contributed by atoms with Crippen molar-refractivity contribution in [3.63, 3.8) is 0 Å². The molecule has 2 amide bonds. The summed E-state index contributed by atoms with van der Waals surface area (Å²) in [4.78, 5) is 25.3. The number of nitrogens with zero attached hydrogens (tertiary/aromatic N) is 1. The Morgan fingerprint density at radius 2 is 2.26 bits per heavy atom. The van der Waals surface area contributed by atoms with Crippen molar-refractivity contribution in [2.24, 2.45) is 11.7 Å². The predicted octanol–water partition coefficient (Wildman–Crippen LogP) is 0.666. The smallest absolute Gasteiger partial charge is 0.251 e. The van der Waals surface area contributed by atoms with Gasteiger partial charge in [-0.15, -0.1) is 0 Å². The zero-order chi connectivity index (χ0) is 14.0. The summed E-state index contributed by atoms with van der Waals surface area (Å²) < 4.78 is 0. The average molecular weight is 261 g/mol. The van der Waals surface area contributed by atoms with E-state index in [1.165, 1.54) is 0 Å². The van der Waals surface area contributed by atoms with Crippen LogP contribution in [0.15, 0.2) is 18.2 Å². The van der Waals surface area contributed by atoms with Gasteiger partial charge in [0.25, 0.3) is 5.91 Å². The zero-order valence-electron chi connectivity index (χ0n) is 11.3. The first-order valence-electron chi connectivity index (χ1n) is 6.40. The van der Waals surface area contributed by atoms with E-state index >= 15 is 0 Å². The number of benzene rings is 1. The van der Waals surface area contributed by atoms with Crippen LogP contribution in [0.1, 0.15) is 22.3 Å². The number of amides is 2. The van der Waals surface area contributed by atoms with Crippen LogP contribution in [0.5, 0.6) is 0 Å². The Bertz CT molecular complexity index is 513. The number of nitrogens with one attached hydrogen (secondary N) is 1. The molecule has 2 rings (SSSR count). The first-order chi connectivity index (χ1) is 9.06. The van der Waals surface area contributed by atoms with Crippen molar-refractivity contribution < 1.29 is 9.59 Å². The molecule has 0 spiro atoms. The van der Waals surface area contributed by atoms with E-state index in [-0.39, 0.29) is 17.7 Å². The molecule has 0 radical (unpaired) electrons. The van der Waals surface area contributed by atoms with Crippen molar-refractivity contribution in [1.82, 2.24) is 5.32 Å². The number of anilines is 1. The Morgan fingerprint density at radius 1 is 1.53 bits per heavy atom. The van der Waals surface area contributed by atoms with E-state index in [9.17, 15) is 9.59 Å². The van der Waals surface area contributed by atoms with Crippen LogP contribution in [0.3, 0.4) is 0 Å². The lowest BCUT2D eigenvalue weighted by Gasteiger charge is -2.19. The molecule has 0 bridgehead atoms. The van der Waals surface area contributed by atoms with Gasteiger partial charge >= 0.3 is 0 Å². The highest BCUT2D eigenvalue weighted by Gasteiger charge is 2.30. The number of aryl methyl sites for hydroxylation is 1. The molecule has 1 saturated heterocycles. The maximum Gasteiger partial charge on any atom is 0.251 e. The number of nitrogens with two attached hydrogens (primary N) is 1. The van der Waals surface area contributed by atoms with Gasteiger partial charge in [0, 0.05) is 31.3 Å². The summed E-state index contributed by atoms with van der Waals surface area (Å²) in [6.45, 7) is 3.10. The molecular formula is C14H19N3O2. The lowest BCUT2D eigenvalue weighted by Crippen LogP contribution is -2.26. The molecule has 5 heteroatoms. The first-order valence-corrected chi connectivity index (χ1v) is 6.40. The number of hydrogen-bond acceptors (Lipinski definition) is 3. The summed E-state index contributed by atoms with van der Waals surface area (Å²) >= 11 is 0. The lowest BCUT2D eigenvalue weighted by molar-refractivity contribution is -0.117. The molecule has 0 saturated carbocycles. The minimum atomic E-state index is -0.123. The van der Waals surface area contributed by atoms with E-state index in [0.29, 0.717) is 25.1 Å². The largest absolute Gasteiger partial charge is 0.355 e. The summed E-state index contributed by atoms with van der Waals surface area (Å²) in [5, 5.41) is 2.59.